The predicted molar refractivity (Wildman–Crippen MR) is 121 cm³/mol. The van der Waals surface area contributed by atoms with Crippen LogP contribution < -0.4 is 14.2 Å². The van der Waals surface area contributed by atoms with Gasteiger partial charge < -0.3 is 14.2 Å². The van der Waals surface area contributed by atoms with Crippen molar-refractivity contribution in [3.8, 4) is 22.9 Å². The van der Waals surface area contributed by atoms with Gasteiger partial charge in [0.1, 0.15) is 18.2 Å². The number of hydrogen-bond donors (Lipinski definition) is 1. The van der Waals surface area contributed by atoms with Gasteiger partial charge in [0.2, 0.25) is 16.0 Å². The number of sulfonamides is 1. The molecule has 0 radical (unpaired) electrons. The SMILES string of the molecule is COC[C@@H]1COc2ccccc2-c2nnc(NS(=O)(=O)C(C)C(C)c3ncc(OC)cn3)n21. The molecule has 3 atom stereocenters. The second-order valence-electron chi connectivity index (χ2n) is 7.76. The van der Waals surface area contributed by atoms with Gasteiger partial charge in [0.25, 0.3) is 0 Å². The zero-order valence-electron chi connectivity index (χ0n) is 18.8. The fraction of sp³-hybridized carbons (Fsp3) is 0.429. The molecule has 2 aromatic heterocycles. The second kappa shape index (κ2) is 9.32. The minimum atomic E-state index is -3.87. The number of rotatable bonds is 8. The molecule has 0 bridgehead atoms. The molecule has 3 heterocycles. The van der Waals surface area contributed by atoms with Gasteiger partial charge in [0.05, 0.1) is 43.0 Å². The summed E-state index contributed by atoms with van der Waals surface area (Å²) < 4.78 is 47.2. The highest BCUT2D eigenvalue weighted by molar-refractivity contribution is 7.93. The Bertz CT molecular complexity index is 1210. The Kier molecular flexibility index (Phi) is 6.47. The molecule has 0 spiro atoms. The Morgan fingerprint density at radius 3 is 2.61 bits per heavy atom. The third kappa shape index (κ3) is 4.48. The minimum Gasteiger partial charge on any atom is -0.494 e. The van der Waals surface area contributed by atoms with Crippen molar-refractivity contribution in [1.29, 1.82) is 0 Å². The molecule has 0 saturated carbocycles. The summed E-state index contributed by atoms with van der Waals surface area (Å²) in [5.74, 6) is 1.66. The molecule has 1 N–H and O–H groups in total. The van der Waals surface area contributed by atoms with E-state index in [4.69, 9.17) is 14.2 Å². The smallest absolute Gasteiger partial charge is 0.239 e. The number of methoxy groups -OCH3 is 2. The number of fused-ring (bicyclic) bond motifs is 3. The van der Waals surface area contributed by atoms with Gasteiger partial charge in [-0.05, 0) is 19.1 Å². The molecule has 11 nitrogen and oxygen atoms in total. The quantitative estimate of drug-likeness (QED) is 0.522. The molecule has 2 unspecified atom stereocenters. The lowest BCUT2D eigenvalue weighted by molar-refractivity contribution is 0.126. The van der Waals surface area contributed by atoms with Crippen molar-refractivity contribution in [3.63, 3.8) is 0 Å². The van der Waals surface area contributed by atoms with Crippen LogP contribution in [0.4, 0.5) is 5.95 Å². The average molecular weight is 475 g/mol. The van der Waals surface area contributed by atoms with Gasteiger partial charge in [-0.2, -0.15) is 0 Å². The van der Waals surface area contributed by atoms with E-state index in [1.54, 1.807) is 25.5 Å². The molecule has 4 rings (SSSR count). The summed E-state index contributed by atoms with van der Waals surface area (Å²) in [6.45, 7) is 3.93. The summed E-state index contributed by atoms with van der Waals surface area (Å²) in [4.78, 5) is 8.46. The standard InChI is InChI=1S/C21H26N6O5S/c1-13(19-22-9-16(31-4)10-23-19)14(2)33(28,29)26-21-25-24-20-17-7-5-6-8-18(17)32-12-15(11-30-3)27(20)21/h5-10,13-15H,11-12H2,1-4H3,(H,25,26)/t13?,14?,15-/m1/s1. The number of aromatic nitrogens is 5. The molecule has 12 heteroatoms. The van der Waals surface area contributed by atoms with Crippen molar-refractivity contribution < 1.29 is 22.6 Å². The summed E-state index contributed by atoms with van der Waals surface area (Å²) in [5.41, 5.74) is 0.724. The normalized spacial score (nSPS) is 17.2. The van der Waals surface area contributed by atoms with Crippen molar-refractivity contribution in [2.75, 3.05) is 32.2 Å². The number of benzene rings is 1. The third-order valence-corrected chi connectivity index (χ3v) is 7.55. The van der Waals surface area contributed by atoms with Crippen LogP contribution in [0, 0.1) is 0 Å². The maximum absolute atomic E-state index is 13.3. The first-order valence-corrected chi connectivity index (χ1v) is 11.9. The fourth-order valence-corrected chi connectivity index (χ4v) is 4.85. The molecule has 0 fully saturated rings. The van der Waals surface area contributed by atoms with Gasteiger partial charge >= 0.3 is 0 Å². The van der Waals surface area contributed by atoms with Crippen LogP contribution in [-0.4, -0.2) is 65.8 Å². The zero-order chi connectivity index (χ0) is 23.6. The summed E-state index contributed by atoms with van der Waals surface area (Å²) >= 11 is 0. The van der Waals surface area contributed by atoms with E-state index in [0.717, 1.165) is 5.56 Å². The average Bonchev–Trinajstić information content (AvgIpc) is 3.16. The molecule has 0 saturated heterocycles. The molecule has 3 aromatic rings. The Morgan fingerprint density at radius 1 is 1.18 bits per heavy atom. The van der Waals surface area contributed by atoms with E-state index < -0.39 is 21.2 Å². The van der Waals surface area contributed by atoms with Gasteiger partial charge in [-0.15, -0.1) is 10.2 Å². The molecular weight excluding hydrogens is 448 g/mol. The maximum atomic E-state index is 13.3. The van der Waals surface area contributed by atoms with Gasteiger partial charge in [-0.3, -0.25) is 9.29 Å². The summed E-state index contributed by atoms with van der Waals surface area (Å²) in [6.07, 6.45) is 3.02. The van der Waals surface area contributed by atoms with Crippen molar-refractivity contribution in [2.24, 2.45) is 0 Å². The van der Waals surface area contributed by atoms with Crippen LogP contribution in [0.1, 0.15) is 31.6 Å². The molecule has 1 aliphatic rings. The lowest BCUT2D eigenvalue weighted by Crippen LogP contribution is -2.32. The lowest BCUT2D eigenvalue weighted by Gasteiger charge is -2.22. The van der Waals surface area contributed by atoms with Gasteiger partial charge in [-0.1, -0.05) is 19.1 Å². The van der Waals surface area contributed by atoms with Crippen LogP contribution >= 0.6 is 0 Å². The molecule has 176 valence electrons. The topological polar surface area (TPSA) is 130 Å². The lowest BCUT2D eigenvalue weighted by atomic mass is 10.1. The van der Waals surface area contributed by atoms with Crippen LogP contribution in [0.5, 0.6) is 11.5 Å². The number of ether oxygens (including phenoxy) is 3. The van der Waals surface area contributed by atoms with Crippen LogP contribution in [0.2, 0.25) is 0 Å². The second-order valence-corrected chi connectivity index (χ2v) is 9.79. The van der Waals surface area contributed by atoms with Crippen LogP contribution in [0.3, 0.4) is 0 Å². The number of hydrogen-bond acceptors (Lipinski definition) is 9. The molecule has 1 aliphatic heterocycles. The van der Waals surface area contributed by atoms with E-state index in [-0.39, 0.29) is 18.6 Å². The monoisotopic (exact) mass is 474 g/mol. The summed E-state index contributed by atoms with van der Waals surface area (Å²) in [6, 6.07) is 7.09. The highest BCUT2D eigenvalue weighted by Crippen LogP contribution is 2.36. The maximum Gasteiger partial charge on any atom is 0.239 e. The van der Waals surface area contributed by atoms with Gasteiger partial charge in [0, 0.05) is 13.0 Å². The fourth-order valence-electron chi connectivity index (χ4n) is 3.61. The number of para-hydroxylation sites is 1. The van der Waals surface area contributed by atoms with Crippen LogP contribution in [-0.2, 0) is 14.8 Å². The highest BCUT2D eigenvalue weighted by atomic mass is 32.2. The molecule has 1 aromatic carbocycles. The van der Waals surface area contributed by atoms with Gasteiger partial charge in [0.15, 0.2) is 11.6 Å². The van der Waals surface area contributed by atoms with Crippen molar-refractivity contribution in [1.82, 2.24) is 24.7 Å². The van der Waals surface area contributed by atoms with Crippen LogP contribution in [0.25, 0.3) is 11.4 Å². The first-order valence-electron chi connectivity index (χ1n) is 10.4. The molecule has 0 amide bonds. The Balaban J connectivity index is 1.65. The van der Waals surface area contributed by atoms with Crippen molar-refractivity contribution in [2.45, 2.75) is 31.1 Å². The van der Waals surface area contributed by atoms with E-state index in [1.165, 1.54) is 19.5 Å². The summed E-state index contributed by atoms with van der Waals surface area (Å²) in [5, 5.41) is 7.57. The minimum absolute atomic E-state index is 0.0991. The van der Waals surface area contributed by atoms with E-state index in [2.05, 4.69) is 24.9 Å². The zero-order valence-corrected chi connectivity index (χ0v) is 19.6. The van der Waals surface area contributed by atoms with Gasteiger partial charge in [-0.25, -0.2) is 18.4 Å². The van der Waals surface area contributed by atoms with Crippen LogP contribution in [0.15, 0.2) is 36.7 Å². The number of nitrogens with zero attached hydrogens (tertiary/aromatic N) is 5. The Hall–Kier alpha value is -3.25. The van der Waals surface area contributed by atoms with E-state index in [9.17, 15) is 8.42 Å². The van der Waals surface area contributed by atoms with E-state index >= 15 is 0 Å². The van der Waals surface area contributed by atoms with Crippen molar-refractivity contribution >= 4 is 16.0 Å². The number of nitrogens with one attached hydrogen (secondary N) is 1. The number of anilines is 1. The Labute approximate surface area is 192 Å². The molecule has 0 aliphatic carbocycles. The Morgan fingerprint density at radius 2 is 1.91 bits per heavy atom. The third-order valence-electron chi connectivity index (χ3n) is 5.70. The molecular formula is C21H26N6O5S. The van der Waals surface area contributed by atoms with E-state index in [0.29, 0.717) is 29.8 Å². The highest BCUT2D eigenvalue weighted by Gasteiger charge is 2.33. The largest absolute Gasteiger partial charge is 0.494 e. The van der Waals surface area contributed by atoms with E-state index in [1.807, 2.05) is 24.3 Å². The summed E-state index contributed by atoms with van der Waals surface area (Å²) in [7, 11) is -0.785. The predicted octanol–water partition coefficient (Wildman–Crippen LogP) is 2.26. The first kappa shape index (κ1) is 22.9. The molecule has 33 heavy (non-hydrogen) atoms. The first-order chi connectivity index (χ1) is 15.9. The van der Waals surface area contributed by atoms with Crippen molar-refractivity contribution in [3.05, 3.63) is 42.5 Å².